The number of carbonyl (C=O) groups excluding carboxylic acids is 2. The predicted molar refractivity (Wildman–Crippen MR) is 73.0 cm³/mol. The zero-order valence-corrected chi connectivity index (χ0v) is 11.5. The van der Waals surface area contributed by atoms with E-state index in [9.17, 15) is 9.59 Å². The van der Waals surface area contributed by atoms with Crippen molar-refractivity contribution in [2.45, 2.75) is 20.8 Å². The van der Waals surface area contributed by atoms with Gasteiger partial charge in [-0.15, -0.1) is 11.6 Å². The van der Waals surface area contributed by atoms with Gasteiger partial charge in [0.2, 0.25) is 11.8 Å². The Labute approximate surface area is 112 Å². The van der Waals surface area contributed by atoms with Crippen LogP contribution in [-0.4, -0.2) is 24.2 Å². The fraction of sp³-hybridized carbons (Fsp3) is 0.385. The molecule has 0 aliphatic heterocycles. The first-order valence-electron chi connectivity index (χ1n) is 5.65. The lowest BCUT2D eigenvalue weighted by molar-refractivity contribution is -0.122. The summed E-state index contributed by atoms with van der Waals surface area (Å²) < 4.78 is 0. The van der Waals surface area contributed by atoms with Crippen LogP contribution in [-0.2, 0) is 9.59 Å². The third-order valence-electron chi connectivity index (χ3n) is 2.90. The number of aryl methyl sites for hydroxylation is 1. The summed E-state index contributed by atoms with van der Waals surface area (Å²) in [5, 5.41) is 5.18. The summed E-state index contributed by atoms with van der Waals surface area (Å²) in [6, 6.07) is 3.81. The van der Waals surface area contributed by atoms with Gasteiger partial charge in [-0.25, -0.2) is 0 Å². The van der Waals surface area contributed by atoms with Gasteiger partial charge in [0.05, 0.1) is 6.54 Å². The Hall–Kier alpha value is -1.55. The molecular formula is C13H17ClN2O2. The summed E-state index contributed by atoms with van der Waals surface area (Å²) in [5.41, 5.74) is 4.13. The molecule has 0 heterocycles. The van der Waals surface area contributed by atoms with Crippen LogP contribution in [0.3, 0.4) is 0 Å². The number of rotatable bonds is 4. The van der Waals surface area contributed by atoms with Gasteiger partial charge in [0.1, 0.15) is 5.88 Å². The van der Waals surface area contributed by atoms with E-state index in [4.69, 9.17) is 11.6 Å². The summed E-state index contributed by atoms with van der Waals surface area (Å²) in [6.45, 7) is 5.91. The highest BCUT2D eigenvalue weighted by molar-refractivity contribution is 6.27. The molecule has 1 aromatic rings. The normalized spacial score (nSPS) is 10.0. The van der Waals surface area contributed by atoms with E-state index in [1.165, 1.54) is 5.56 Å². The summed E-state index contributed by atoms with van der Waals surface area (Å²) >= 11 is 5.32. The second kappa shape index (κ2) is 6.40. The largest absolute Gasteiger partial charge is 0.346 e. The maximum Gasteiger partial charge on any atom is 0.243 e. The van der Waals surface area contributed by atoms with Crippen LogP contribution in [0.1, 0.15) is 16.7 Å². The molecule has 0 atom stereocenters. The van der Waals surface area contributed by atoms with Crippen LogP contribution in [0.25, 0.3) is 0 Å². The number of nitrogens with one attached hydrogen (secondary N) is 2. The Bertz CT molecular complexity index is 472. The molecule has 0 aromatic heterocycles. The highest BCUT2D eigenvalue weighted by Gasteiger charge is 2.08. The first-order chi connectivity index (χ1) is 8.45. The summed E-state index contributed by atoms with van der Waals surface area (Å²) in [6.07, 6.45) is 0. The van der Waals surface area contributed by atoms with Gasteiger partial charge in [-0.1, -0.05) is 6.07 Å². The average molecular weight is 269 g/mol. The fourth-order valence-electron chi connectivity index (χ4n) is 1.51. The van der Waals surface area contributed by atoms with Gasteiger partial charge in [-0.3, -0.25) is 9.59 Å². The average Bonchev–Trinajstić information content (AvgIpc) is 2.36. The first kappa shape index (κ1) is 14.5. The minimum Gasteiger partial charge on any atom is -0.346 e. The van der Waals surface area contributed by atoms with E-state index in [0.717, 1.165) is 16.8 Å². The zero-order chi connectivity index (χ0) is 13.7. The molecule has 0 spiro atoms. The van der Waals surface area contributed by atoms with Crippen LogP contribution in [0.5, 0.6) is 0 Å². The Kier molecular flexibility index (Phi) is 5.16. The van der Waals surface area contributed by atoms with Crippen molar-refractivity contribution >= 4 is 29.1 Å². The lowest BCUT2D eigenvalue weighted by atomic mass is 10.0. The Morgan fingerprint density at radius 1 is 1.11 bits per heavy atom. The number of halogens is 1. The van der Waals surface area contributed by atoms with Crippen LogP contribution in [0.15, 0.2) is 12.1 Å². The van der Waals surface area contributed by atoms with Gasteiger partial charge in [0.25, 0.3) is 0 Å². The summed E-state index contributed by atoms with van der Waals surface area (Å²) in [7, 11) is 0. The summed E-state index contributed by atoms with van der Waals surface area (Å²) in [5.74, 6) is -0.765. The van der Waals surface area contributed by atoms with Gasteiger partial charge in [0, 0.05) is 5.69 Å². The van der Waals surface area contributed by atoms with Crippen molar-refractivity contribution in [3.05, 3.63) is 28.8 Å². The van der Waals surface area contributed by atoms with Crippen molar-refractivity contribution in [3.63, 3.8) is 0 Å². The van der Waals surface area contributed by atoms with E-state index in [0.29, 0.717) is 0 Å². The molecule has 1 aromatic carbocycles. The van der Waals surface area contributed by atoms with Gasteiger partial charge in [-0.05, 0) is 43.5 Å². The molecule has 0 bridgehead atoms. The predicted octanol–water partition coefficient (Wildman–Crippen LogP) is 1.91. The molecule has 0 aliphatic rings. The Morgan fingerprint density at radius 2 is 1.78 bits per heavy atom. The number of amides is 2. The third kappa shape index (κ3) is 3.74. The molecule has 0 aliphatic carbocycles. The molecule has 0 saturated carbocycles. The van der Waals surface area contributed by atoms with Gasteiger partial charge in [-0.2, -0.15) is 0 Å². The fourth-order valence-corrected chi connectivity index (χ4v) is 1.61. The Morgan fingerprint density at radius 3 is 2.39 bits per heavy atom. The molecular weight excluding hydrogens is 252 g/mol. The van der Waals surface area contributed by atoms with Crippen LogP contribution in [0.2, 0.25) is 0 Å². The molecule has 0 unspecified atom stereocenters. The van der Waals surface area contributed by atoms with Crippen molar-refractivity contribution in [3.8, 4) is 0 Å². The van der Waals surface area contributed by atoms with Crippen LogP contribution in [0, 0.1) is 20.8 Å². The molecule has 1 rings (SSSR count). The highest BCUT2D eigenvalue weighted by Crippen LogP contribution is 2.21. The van der Waals surface area contributed by atoms with Crippen molar-refractivity contribution in [2.24, 2.45) is 0 Å². The Balaban J connectivity index is 2.65. The number of anilines is 1. The number of carbonyl (C=O) groups is 2. The first-order valence-corrected chi connectivity index (χ1v) is 6.18. The number of hydrogen-bond donors (Lipinski definition) is 2. The second-order valence-electron chi connectivity index (χ2n) is 4.14. The molecule has 18 heavy (non-hydrogen) atoms. The molecule has 4 nitrogen and oxygen atoms in total. The van der Waals surface area contributed by atoms with E-state index in [2.05, 4.69) is 10.6 Å². The van der Waals surface area contributed by atoms with Gasteiger partial charge in [0.15, 0.2) is 0 Å². The minimum absolute atomic E-state index is 0.0715. The topological polar surface area (TPSA) is 58.2 Å². The van der Waals surface area contributed by atoms with Gasteiger partial charge < -0.3 is 10.6 Å². The van der Waals surface area contributed by atoms with E-state index in [1.807, 2.05) is 32.9 Å². The maximum atomic E-state index is 11.6. The van der Waals surface area contributed by atoms with Crippen LogP contribution >= 0.6 is 11.6 Å². The maximum absolute atomic E-state index is 11.6. The molecule has 5 heteroatoms. The van der Waals surface area contributed by atoms with Gasteiger partial charge >= 0.3 is 0 Å². The quantitative estimate of drug-likeness (QED) is 0.820. The second-order valence-corrected chi connectivity index (χ2v) is 4.41. The van der Waals surface area contributed by atoms with Crippen LogP contribution < -0.4 is 10.6 Å². The van der Waals surface area contributed by atoms with E-state index < -0.39 is 0 Å². The van der Waals surface area contributed by atoms with E-state index in [-0.39, 0.29) is 24.2 Å². The zero-order valence-electron chi connectivity index (χ0n) is 10.8. The van der Waals surface area contributed by atoms with Crippen molar-refractivity contribution in [1.82, 2.24) is 5.32 Å². The van der Waals surface area contributed by atoms with Crippen molar-refractivity contribution < 1.29 is 9.59 Å². The molecule has 98 valence electrons. The van der Waals surface area contributed by atoms with Crippen molar-refractivity contribution in [1.29, 1.82) is 0 Å². The summed E-state index contributed by atoms with van der Waals surface area (Å²) in [4.78, 5) is 22.5. The SMILES string of the molecule is Cc1ccc(NC(=O)CNC(=O)CCl)c(C)c1C. The standard InChI is InChI=1S/C13H17ClN2O2/c1-8-4-5-11(10(3)9(8)2)16-13(18)7-15-12(17)6-14/h4-5H,6-7H2,1-3H3,(H,15,17)(H,16,18). The van der Waals surface area contributed by atoms with Crippen molar-refractivity contribution in [2.75, 3.05) is 17.7 Å². The molecule has 0 radical (unpaired) electrons. The molecule has 2 N–H and O–H groups in total. The third-order valence-corrected chi connectivity index (χ3v) is 3.14. The smallest absolute Gasteiger partial charge is 0.243 e. The van der Waals surface area contributed by atoms with Crippen LogP contribution in [0.4, 0.5) is 5.69 Å². The highest BCUT2D eigenvalue weighted by atomic mass is 35.5. The molecule has 0 fully saturated rings. The monoisotopic (exact) mass is 268 g/mol. The lowest BCUT2D eigenvalue weighted by Crippen LogP contribution is -2.33. The number of alkyl halides is 1. The molecule has 0 saturated heterocycles. The number of hydrogen-bond acceptors (Lipinski definition) is 2. The van der Waals surface area contributed by atoms with E-state index in [1.54, 1.807) is 0 Å². The minimum atomic E-state index is -0.358. The number of benzene rings is 1. The van der Waals surface area contributed by atoms with E-state index >= 15 is 0 Å². The lowest BCUT2D eigenvalue weighted by Gasteiger charge is -2.12. The molecule has 2 amide bonds.